The van der Waals surface area contributed by atoms with E-state index in [0.717, 1.165) is 55.2 Å². The van der Waals surface area contributed by atoms with Crippen LogP contribution in [0.5, 0.6) is 0 Å². The van der Waals surface area contributed by atoms with Gasteiger partial charge >= 0.3 is 0 Å². The van der Waals surface area contributed by atoms with Crippen molar-refractivity contribution in [3.8, 4) is 0 Å². The Labute approximate surface area is 174 Å². The molecule has 8 heteroatoms. The Hall–Kier alpha value is -2.58. The summed E-state index contributed by atoms with van der Waals surface area (Å²) >= 11 is 1.96. The van der Waals surface area contributed by atoms with Crippen LogP contribution in [0.25, 0.3) is 0 Å². The van der Waals surface area contributed by atoms with E-state index in [9.17, 15) is 14.9 Å². The highest BCUT2D eigenvalue weighted by molar-refractivity contribution is 7.99. The molecule has 1 heterocycles. The normalized spacial score (nSPS) is 17.0. The van der Waals surface area contributed by atoms with E-state index in [2.05, 4.69) is 15.5 Å². The lowest BCUT2D eigenvalue weighted by Crippen LogP contribution is -2.32. The molecule has 0 spiro atoms. The third kappa shape index (κ3) is 5.07. The van der Waals surface area contributed by atoms with Crippen molar-refractivity contribution in [3.05, 3.63) is 63.7 Å². The predicted molar refractivity (Wildman–Crippen MR) is 117 cm³/mol. The molecule has 152 valence electrons. The van der Waals surface area contributed by atoms with Crippen LogP contribution in [0.15, 0.2) is 42.5 Å². The van der Waals surface area contributed by atoms with Crippen LogP contribution in [-0.4, -0.2) is 46.4 Å². The highest BCUT2D eigenvalue weighted by Gasteiger charge is 2.25. The van der Waals surface area contributed by atoms with Crippen LogP contribution in [0, 0.1) is 10.1 Å². The third-order valence-corrected chi connectivity index (χ3v) is 6.10. The minimum absolute atomic E-state index is 0.0661. The first kappa shape index (κ1) is 19.7. The lowest BCUT2D eigenvalue weighted by molar-refractivity contribution is -0.384. The van der Waals surface area contributed by atoms with Crippen molar-refractivity contribution in [2.24, 2.45) is 0 Å². The van der Waals surface area contributed by atoms with Gasteiger partial charge in [-0.05, 0) is 36.6 Å². The van der Waals surface area contributed by atoms with E-state index in [1.165, 1.54) is 6.07 Å². The molecule has 1 aliphatic carbocycles. The number of anilines is 2. The molecule has 29 heavy (non-hydrogen) atoms. The molecule has 0 radical (unpaired) electrons. The zero-order valence-corrected chi connectivity index (χ0v) is 16.9. The lowest BCUT2D eigenvalue weighted by atomic mass is 10.1. The van der Waals surface area contributed by atoms with Crippen LogP contribution < -0.4 is 10.6 Å². The minimum atomic E-state index is -0.441. The van der Waals surface area contributed by atoms with Gasteiger partial charge in [0.15, 0.2) is 0 Å². The van der Waals surface area contributed by atoms with E-state index in [1.807, 2.05) is 36.0 Å². The number of benzene rings is 2. The van der Waals surface area contributed by atoms with Crippen LogP contribution in [0.4, 0.5) is 17.1 Å². The van der Waals surface area contributed by atoms with Crippen LogP contribution in [0.3, 0.4) is 0 Å². The Bertz CT molecular complexity index is 911. The van der Waals surface area contributed by atoms with Gasteiger partial charge < -0.3 is 10.6 Å². The average molecular weight is 413 g/mol. The second-order valence-corrected chi connectivity index (χ2v) is 8.63. The van der Waals surface area contributed by atoms with Crippen molar-refractivity contribution < 1.29 is 9.72 Å². The van der Waals surface area contributed by atoms with Crippen LogP contribution in [0.1, 0.15) is 28.8 Å². The van der Waals surface area contributed by atoms with Gasteiger partial charge in [-0.2, -0.15) is 11.8 Å². The van der Waals surface area contributed by atoms with Crippen molar-refractivity contribution in [1.29, 1.82) is 0 Å². The Kier molecular flexibility index (Phi) is 6.01. The van der Waals surface area contributed by atoms with Gasteiger partial charge in [-0.3, -0.25) is 19.8 Å². The number of carbonyl (C=O) groups excluding carboxylic acids is 1. The molecule has 4 rings (SSSR count). The van der Waals surface area contributed by atoms with E-state index in [1.54, 1.807) is 12.1 Å². The molecule has 1 aliphatic heterocycles. The molecule has 1 saturated heterocycles. The largest absolute Gasteiger partial charge is 0.377 e. The zero-order chi connectivity index (χ0) is 20.2. The van der Waals surface area contributed by atoms with Gasteiger partial charge in [-0.25, -0.2) is 0 Å². The molecule has 7 nitrogen and oxygen atoms in total. The maximum absolute atomic E-state index is 12.8. The lowest BCUT2D eigenvalue weighted by Gasteiger charge is -2.27. The second-order valence-electron chi connectivity index (χ2n) is 7.41. The summed E-state index contributed by atoms with van der Waals surface area (Å²) in [6.07, 6.45) is 2.04. The standard InChI is InChI=1S/C21H24N4O3S/c26-21(15-5-8-19(22-17-6-7-17)20(13-15)25(27)28)23-18-4-2-1-3-16(18)14-24-9-11-29-12-10-24/h1-5,8,13,17,22H,6-7,9-12,14H2,(H,23,26). The van der Waals surface area contributed by atoms with Gasteiger partial charge in [0.25, 0.3) is 11.6 Å². The molecule has 2 fully saturated rings. The fourth-order valence-electron chi connectivity index (χ4n) is 3.37. The summed E-state index contributed by atoms with van der Waals surface area (Å²) in [6, 6.07) is 12.7. The van der Waals surface area contributed by atoms with E-state index in [0.29, 0.717) is 11.7 Å². The number of hydrogen-bond acceptors (Lipinski definition) is 6. The molecular weight excluding hydrogens is 388 g/mol. The molecule has 1 amide bonds. The summed E-state index contributed by atoms with van der Waals surface area (Å²) in [5.74, 6) is 1.91. The van der Waals surface area contributed by atoms with Crippen molar-refractivity contribution >= 4 is 34.7 Å². The van der Waals surface area contributed by atoms with Gasteiger partial charge in [0.1, 0.15) is 5.69 Å². The van der Waals surface area contributed by atoms with Crippen molar-refractivity contribution in [2.75, 3.05) is 35.2 Å². The van der Waals surface area contributed by atoms with Crippen molar-refractivity contribution in [2.45, 2.75) is 25.4 Å². The number of amides is 1. The molecule has 1 saturated carbocycles. The number of rotatable bonds is 7. The molecule has 2 aromatic rings. The fraction of sp³-hybridized carbons (Fsp3) is 0.381. The summed E-state index contributed by atoms with van der Waals surface area (Å²) in [5, 5.41) is 17.6. The minimum Gasteiger partial charge on any atom is -0.377 e. The van der Waals surface area contributed by atoms with E-state index in [-0.39, 0.29) is 17.2 Å². The first-order valence-corrected chi connectivity index (χ1v) is 11.0. The third-order valence-electron chi connectivity index (χ3n) is 5.16. The summed E-state index contributed by atoms with van der Waals surface area (Å²) in [6.45, 7) is 2.85. The molecule has 2 aliphatic rings. The maximum Gasteiger partial charge on any atom is 0.293 e. The van der Waals surface area contributed by atoms with Gasteiger partial charge in [-0.15, -0.1) is 0 Å². The molecule has 0 unspecified atom stereocenters. The first-order chi connectivity index (χ1) is 14.1. The Balaban J connectivity index is 1.50. The highest BCUT2D eigenvalue weighted by Crippen LogP contribution is 2.32. The van der Waals surface area contributed by atoms with Gasteiger partial charge in [0.05, 0.1) is 4.92 Å². The zero-order valence-electron chi connectivity index (χ0n) is 16.1. The number of nitrogens with one attached hydrogen (secondary N) is 2. The molecule has 0 bridgehead atoms. The molecular formula is C21H24N4O3S. The number of carbonyl (C=O) groups is 1. The summed E-state index contributed by atoms with van der Waals surface area (Å²) in [5.41, 5.74) is 2.48. The Morgan fingerprint density at radius 3 is 2.62 bits per heavy atom. The molecule has 0 aromatic heterocycles. The first-order valence-electron chi connectivity index (χ1n) is 9.84. The van der Waals surface area contributed by atoms with Gasteiger partial charge in [-0.1, -0.05) is 18.2 Å². The van der Waals surface area contributed by atoms with E-state index < -0.39 is 4.92 Å². The number of nitro benzene ring substituents is 1. The van der Waals surface area contributed by atoms with Gasteiger partial charge in [0, 0.05) is 54.5 Å². The number of hydrogen-bond donors (Lipinski definition) is 2. The number of nitrogens with zero attached hydrogens (tertiary/aromatic N) is 2. The average Bonchev–Trinajstić information content (AvgIpc) is 3.54. The predicted octanol–water partition coefficient (Wildman–Crippen LogP) is 3.97. The summed E-state index contributed by atoms with van der Waals surface area (Å²) < 4.78 is 0. The van der Waals surface area contributed by atoms with Crippen LogP contribution in [-0.2, 0) is 6.54 Å². The Morgan fingerprint density at radius 1 is 1.14 bits per heavy atom. The molecule has 0 atom stereocenters. The van der Waals surface area contributed by atoms with E-state index in [4.69, 9.17) is 0 Å². The fourth-order valence-corrected chi connectivity index (χ4v) is 4.35. The molecule has 2 N–H and O–H groups in total. The number of nitro groups is 1. The van der Waals surface area contributed by atoms with Gasteiger partial charge in [0.2, 0.25) is 0 Å². The number of thioether (sulfide) groups is 1. The number of para-hydroxylation sites is 1. The smallest absolute Gasteiger partial charge is 0.293 e. The highest BCUT2D eigenvalue weighted by atomic mass is 32.2. The quantitative estimate of drug-likeness (QED) is 0.529. The maximum atomic E-state index is 12.8. The Morgan fingerprint density at radius 2 is 1.90 bits per heavy atom. The SMILES string of the molecule is O=C(Nc1ccccc1CN1CCSCC1)c1ccc(NC2CC2)c([N+](=O)[O-])c1. The summed E-state index contributed by atoms with van der Waals surface area (Å²) in [7, 11) is 0. The van der Waals surface area contributed by atoms with E-state index >= 15 is 0 Å². The van der Waals surface area contributed by atoms with Crippen molar-refractivity contribution in [1.82, 2.24) is 4.90 Å². The van der Waals surface area contributed by atoms with Crippen LogP contribution >= 0.6 is 11.8 Å². The monoisotopic (exact) mass is 412 g/mol. The second kappa shape index (κ2) is 8.84. The van der Waals surface area contributed by atoms with Crippen LogP contribution in [0.2, 0.25) is 0 Å². The van der Waals surface area contributed by atoms with Crippen molar-refractivity contribution in [3.63, 3.8) is 0 Å². The topological polar surface area (TPSA) is 87.5 Å². The summed E-state index contributed by atoms with van der Waals surface area (Å²) in [4.78, 5) is 26.2. The molecule has 2 aromatic carbocycles.